The predicted molar refractivity (Wildman–Crippen MR) is 87.9 cm³/mol. The summed E-state index contributed by atoms with van der Waals surface area (Å²) in [5, 5.41) is 14.9. The summed E-state index contributed by atoms with van der Waals surface area (Å²) in [6, 6.07) is 7.93. The van der Waals surface area contributed by atoms with Crippen LogP contribution >= 0.6 is 0 Å². The Hall–Kier alpha value is -2.34. The summed E-state index contributed by atoms with van der Waals surface area (Å²) in [6.45, 7) is 2.61. The lowest BCUT2D eigenvalue weighted by molar-refractivity contribution is -0.137. The van der Waals surface area contributed by atoms with Crippen LogP contribution in [0.15, 0.2) is 24.3 Å². The lowest BCUT2D eigenvalue weighted by atomic mass is 9.94. The van der Waals surface area contributed by atoms with E-state index < -0.39 is 11.5 Å². The molecule has 6 heteroatoms. The number of fused-ring (bicyclic) bond motifs is 1. The zero-order chi connectivity index (χ0) is 16.8. The van der Waals surface area contributed by atoms with Gasteiger partial charge >= 0.3 is 0 Å². The Kier molecular flexibility index (Phi) is 3.64. The van der Waals surface area contributed by atoms with Crippen LogP contribution in [-0.4, -0.2) is 27.8 Å². The molecule has 1 aliphatic carbocycles. The van der Waals surface area contributed by atoms with Gasteiger partial charge in [-0.05, 0) is 36.5 Å². The van der Waals surface area contributed by atoms with Crippen molar-refractivity contribution in [2.24, 2.45) is 12.8 Å². The molecular formula is C17H22N4O2. The number of benzene rings is 1. The average molecular weight is 314 g/mol. The lowest BCUT2D eigenvalue weighted by Gasteiger charge is -2.22. The molecule has 23 heavy (non-hydrogen) atoms. The number of nitrogens with two attached hydrogens (primary N) is 1. The van der Waals surface area contributed by atoms with Crippen LogP contribution in [0.4, 0.5) is 5.82 Å². The van der Waals surface area contributed by atoms with Gasteiger partial charge in [0.2, 0.25) is 0 Å². The van der Waals surface area contributed by atoms with Crippen molar-refractivity contribution in [3.05, 3.63) is 46.6 Å². The van der Waals surface area contributed by atoms with Crippen molar-refractivity contribution in [2.45, 2.75) is 31.9 Å². The maximum absolute atomic E-state index is 11.6. The zero-order valence-electron chi connectivity index (χ0n) is 13.7. The zero-order valence-corrected chi connectivity index (χ0v) is 13.7. The number of amides is 1. The first kappa shape index (κ1) is 15.6. The molecule has 3 rings (SSSR count). The van der Waals surface area contributed by atoms with E-state index >= 15 is 0 Å². The first-order chi connectivity index (χ1) is 10.8. The van der Waals surface area contributed by atoms with Gasteiger partial charge in [-0.1, -0.05) is 18.2 Å². The molecule has 1 aromatic carbocycles. The number of anilines is 1. The molecule has 3 N–H and O–H groups in total. The highest BCUT2D eigenvalue weighted by Gasteiger charge is 2.42. The number of aryl methyl sites for hydroxylation is 3. The SMILES string of the molecule is Cc1cc(N(C)Cc2ccc3c(c2)[C@@](O)(C(N)=O)CC3)n(C)n1. The minimum atomic E-state index is -1.53. The number of rotatable bonds is 4. The van der Waals surface area contributed by atoms with Gasteiger partial charge < -0.3 is 15.7 Å². The number of aliphatic hydroxyl groups is 1. The Morgan fingerprint density at radius 1 is 1.48 bits per heavy atom. The van der Waals surface area contributed by atoms with Gasteiger partial charge in [0.05, 0.1) is 5.69 Å². The Morgan fingerprint density at radius 2 is 2.22 bits per heavy atom. The van der Waals surface area contributed by atoms with Gasteiger partial charge in [-0.2, -0.15) is 5.10 Å². The Balaban J connectivity index is 1.88. The predicted octanol–water partition coefficient (Wildman–Crippen LogP) is 0.984. The van der Waals surface area contributed by atoms with Crippen LogP contribution < -0.4 is 10.6 Å². The van der Waals surface area contributed by atoms with E-state index in [0.29, 0.717) is 24.9 Å². The quantitative estimate of drug-likeness (QED) is 0.881. The summed E-state index contributed by atoms with van der Waals surface area (Å²) in [5.41, 5.74) is 7.50. The first-order valence-corrected chi connectivity index (χ1v) is 7.67. The second-order valence-electron chi connectivity index (χ2n) is 6.34. The molecule has 1 aromatic heterocycles. The molecule has 0 bridgehead atoms. The summed E-state index contributed by atoms with van der Waals surface area (Å²) in [7, 11) is 3.90. The van der Waals surface area contributed by atoms with E-state index in [1.807, 2.05) is 50.0 Å². The Morgan fingerprint density at radius 3 is 2.83 bits per heavy atom. The van der Waals surface area contributed by atoms with Crippen molar-refractivity contribution in [1.82, 2.24) is 9.78 Å². The number of hydrogen-bond donors (Lipinski definition) is 2. The standard InChI is InChI=1S/C17H22N4O2/c1-11-8-15(21(3)19-11)20(2)10-12-4-5-13-6-7-17(23,16(18)22)14(13)9-12/h4-5,8-9,23H,6-7,10H2,1-3H3,(H2,18,22)/t17-/m1/s1. The number of hydrogen-bond acceptors (Lipinski definition) is 4. The van der Waals surface area contributed by atoms with Crippen molar-refractivity contribution in [1.29, 1.82) is 0 Å². The molecule has 122 valence electrons. The summed E-state index contributed by atoms with van der Waals surface area (Å²) in [4.78, 5) is 13.7. The molecule has 0 saturated heterocycles. The van der Waals surface area contributed by atoms with Gasteiger partial charge in [0.1, 0.15) is 5.82 Å². The molecule has 0 aliphatic heterocycles. The van der Waals surface area contributed by atoms with E-state index in [0.717, 1.165) is 22.6 Å². The normalized spacial score (nSPS) is 19.7. The third-order valence-electron chi connectivity index (χ3n) is 4.57. The lowest BCUT2D eigenvalue weighted by Crippen LogP contribution is -2.39. The molecule has 0 unspecified atom stereocenters. The highest BCUT2D eigenvalue weighted by atomic mass is 16.3. The molecule has 1 aliphatic rings. The summed E-state index contributed by atoms with van der Waals surface area (Å²) in [5.74, 6) is 0.331. The number of nitrogens with zero attached hydrogens (tertiary/aromatic N) is 3. The van der Waals surface area contributed by atoms with E-state index in [2.05, 4.69) is 10.00 Å². The van der Waals surface area contributed by atoms with Crippen LogP contribution in [0.3, 0.4) is 0 Å². The number of carbonyl (C=O) groups excluding carboxylic acids is 1. The van der Waals surface area contributed by atoms with Crippen LogP contribution in [-0.2, 0) is 30.4 Å². The van der Waals surface area contributed by atoms with Gasteiger partial charge in [0.15, 0.2) is 5.60 Å². The van der Waals surface area contributed by atoms with Crippen molar-refractivity contribution >= 4 is 11.7 Å². The molecule has 2 aromatic rings. The molecule has 1 amide bonds. The third kappa shape index (κ3) is 2.59. The van der Waals surface area contributed by atoms with E-state index in [-0.39, 0.29) is 0 Å². The topological polar surface area (TPSA) is 84.4 Å². The summed E-state index contributed by atoms with van der Waals surface area (Å²) < 4.78 is 1.84. The van der Waals surface area contributed by atoms with Crippen LogP contribution in [0, 0.1) is 6.92 Å². The largest absolute Gasteiger partial charge is 0.375 e. The maximum Gasteiger partial charge on any atom is 0.254 e. The third-order valence-corrected chi connectivity index (χ3v) is 4.57. The van der Waals surface area contributed by atoms with Crippen LogP contribution in [0.2, 0.25) is 0 Å². The number of carbonyl (C=O) groups is 1. The molecule has 1 atom stereocenters. The molecule has 0 saturated carbocycles. The average Bonchev–Trinajstić information content (AvgIpc) is 3.00. The van der Waals surface area contributed by atoms with Gasteiger partial charge in [-0.25, -0.2) is 0 Å². The Bertz CT molecular complexity index is 768. The van der Waals surface area contributed by atoms with Crippen molar-refractivity contribution in [3.63, 3.8) is 0 Å². The van der Waals surface area contributed by atoms with Gasteiger partial charge in [-0.15, -0.1) is 0 Å². The van der Waals surface area contributed by atoms with E-state index in [1.165, 1.54) is 0 Å². The molecule has 6 nitrogen and oxygen atoms in total. The van der Waals surface area contributed by atoms with Crippen molar-refractivity contribution in [3.8, 4) is 0 Å². The van der Waals surface area contributed by atoms with Gasteiger partial charge in [-0.3, -0.25) is 9.48 Å². The van der Waals surface area contributed by atoms with Gasteiger partial charge in [0, 0.05) is 26.7 Å². The smallest absolute Gasteiger partial charge is 0.254 e. The minimum Gasteiger partial charge on any atom is -0.375 e. The fraction of sp³-hybridized carbons (Fsp3) is 0.412. The molecule has 0 fully saturated rings. The second-order valence-corrected chi connectivity index (χ2v) is 6.34. The van der Waals surface area contributed by atoms with E-state index in [4.69, 9.17) is 5.73 Å². The first-order valence-electron chi connectivity index (χ1n) is 7.67. The summed E-state index contributed by atoms with van der Waals surface area (Å²) in [6.07, 6.45) is 1.03. The summed E-state index contributed by atoms with van der Waals surface area (Å²) >= 11 is 0. The fourth-order valence-corrected chi connectivity index (χ4v) is 3.34. The highest BCUT2D eigenvalue weighted by Crippen LogP contribution is 2.37. The fourth-order valence-electron chi connectivity index (χ4n) is 3.34. The van der Waals surface area contributed by atoms with E-state index in [1.54, 1.807) is 0 Å². The van der Waals surface area contributed by atoms with E-state index in [9.17, 15) is 9.90 Å². The molecule has 1 heterocycles. The molecular weight excluding hydrogens is 292 g/mol. The minimum absolute atomic E-state index is 0.359. The van der Waals surface area contributed by atoms with Crippen molar-refractivity contribution < 1.29 is 9.90 Å². The monoisotopic (exact) mass is 314 g/mol. The second kappa shape index (κ2) is 5.38. The van der Waals surface area contributed by atoms with Crippen LogP contribution in [0.25, 0.3) is 0 Å². The molecule has 0 spiro atoms. The van der Waals surface area contributed by atoms with Gasteiger partial charge in [0.25, 0.3) is 5.91 Å². The number of aromatic nitrogens is 2. The van der Waals surface area contributed by atoms with Crippen molar-refractivity contribution in [2.75, 3.05) is 11.9 Å². The van der Waals surface area contributed by atoms with Crippen LogP contribution in [0.1, 0.15) is 28.8 Å². The Labute approximate surface area is 135 Å². The number of primary amides is 1. The van der Waals surface area contributed by atoms with Crippen LogP contribution in [0.5, 0.6) is 0 Å². The molecule has 0 radical (unpaired) electrons. The highest BCUT2D eigenvalue weighted by molar-refractivity contribution is 5.86. The maximum atomic E-state index is 11.6.